The summed E-state index contributed by atoms with van der Waals surface area (Å²) in [6, 6.07) is 8.21. The lowest BCUT2D eigenvalue weighted by atomic mass is 10.00. The molecule has 0 radical (unpaired) electrons. The van der Waals surface area contributed by atoms with Gasteiger partial charge >= 0.3 is 0 Å². The maximum atomic E-state index is 12.6. The van der Waals surface area contributed by atoms with E-state index in [2.05, 4.69) is 22.4 Å². The van der Waals surface area contributed by atoms with Crippen LogP contribution in [0.15, 0.2) is 29.3 Å². The molecular weight excluding hydrogens is 364 g/mol. The molecule has 0 aliphatic carbocycles. The standard InChI is InChI=1S/C19H28N4O3S/c1-19(2)14-23(10-11-27(19,25)26)18(20-3)21-12-17(24)22-9-8-15-6-4-5-7-16(15)13-22/h4-7H,8-14H2,1-3H3,(H,20,21). The minimum Gasteiger partial charge on any atom is -0.347 e. The number of carbonyl (C=O) groups excluding carboxylic acids is 1. The number of rotatable bonds is 2. The number of nitrogens with zero attached hydrogens (tertiary/aromatic N) is 3. The molecule has 0 atom stereocenters. The number of sulfone groups is 1. The van der Waals surface area contributed by atoms with E-state index in [0.29, 0.717) is 32.1 Å². The fourth-order valence-corrected chi connectivity index (χ4v) is 5.00. The average Bonchev–Trinajstić information content (AvgIpc) is 2.64. The fourth-order valence-electron chi connectivity index (χ4n) is 3.63. The number of nitrogens with one attached hydrogen (secondary N) is 1. The molecule has 1 fully saturated rings. The Hall–Kier alpha value is -2.09. The second kappa shape index (κ2) is 7.50. The normalized spacial score (nSPS) is 21.5. The summed E-state index contributed by atoms with van der Waals surface area (Å²) in [4.78, 5) is 20.7. The minimum atomic E-state index is -3.11. The van der Waals surface area contributed by atoms with Gasteiger partial charge in [-0.2, -0.15) is 0 Å². The predicted molar refractivity (Wildman–Crippen MR) is 106 cm³/mol. The third-order valence-electron chi connectivity index (χ3n) is 5.44. The SMILES string of the molecule is CN=C(NCC(=O)N1CCc2ccccc2C1)N1CCS(=O)(=O)C(C)(C)C1. The van der Waals surface area contributed by atoms with Crippen LogP contribution in [0.5, 0.6) is 0 Å². The summed E-state index contributed by atoms with van der Waals surface area (Å²) in [7, 11) is -1.46. The number of amides is 1. The lowest BCUT2D eigenvalue weighted by molar-refractivity contribution is -0.130. The largest absolute Gasteiger partial charge is 0.347 e. The van der Waals surface area contributed by atoms with E-state index in [0.717, 1.165) is 6.42 Å². The van der Waals surface area contributed by atoms with E-state index < -0.39 is 14.6 Å². The van der Waals surface area contributed by atoms with Crippen LogP contribution in [0.25, 0.3) is 0 Å². The highest BCUT2D eigenvalue weighted by Crippen LogP contribution is 2.23. The van der Waals surface area contributed by atoms with Crippen LogP contribution in [0.3, 0.4) is 0 Å². The smallest absolute Gasteiger partial charge is 0.242 e. The van der Waals surface area contributed by atoms with Crippen LogP contribution in [-0.2, 0) is 27.6 Å². The molecule has 8 heteroatoms. The van der Waals surface area contributed by atoms with Gasteiger partial charge in [-0.1, -0.05) is 24.3 Å². The van der Waals surface area contributed by atoms with Crippen LogP contribution >= 0.6 is 0 Å². The van der Waals surface area contributed by atoms with Crippen molar-refractivity contribution in [2.45, 2.75) is 31.6 Å². The highest BCUT2D eigenvalue weighted by Gasteiger charge is 2.41. The van der Waals surface area contributed by atoms with Crippen LogP contribution in [0, 0.1) is 0 Å². The zero-order valence-corrected chi connectivity index (χ0v) is 17.1. The molecule has 1 aromatic rings. The Balaban J connectivity index is 1.58. The average molecular weight is 393 g/mol. The number of guanidine groups is 1. The molecule has 2 heterocycles. The van der Waals surface area contributed by atoms with Gasteiger partial charge in [0.2, 0.25) is 5.91 Å². The Kier molecular flexibility index (Phi) is 5.46. The maximum absolute atomic E-state index is 12.6. The van der Waals surface area contributed by atoms with Gasteiger partial charge in [0.25, 0.3) is 0 Å². The van der Waals surface area contributed by atoms with Crippen molar-refractivity contribution in [3.8, 4) is 0 Å². The lowest BCUT2D eigenvalue weighted by Gasteiger charge is -2.39. The quantitative estimate of drug-likeness (QED) is 0.591. The molecular formula is C19H28N4O3S. The summed E-state index contributed by atoms with van der Waals surface area (Å²) in [5.74, 6) is 0.690. The number of carbonyl (C=O) groups is 1. The van der Waals surface area contributed by atoms with Crippen molar-refractivity contribution in [1.29, 1.82) is 0 Å². The highest BCUT2D eigenvalue weighted by atomic mass is 32.2. The monoisotopic (exact) mass is 392 g/mol. The Bertz CT molecular complexity index is 848. The Morgan fingerprint density at radius 2 is 1.89 bits per heavy atom. The topological polar surface area (TPSA) is 82.1 Å². The van der Waals surface area contributed by atoms with Gasteiger partial charge in [0.05, 0.1) is 17.0 Å². The summed E-state index contributed by atoms with van der Waals surface area (Å²) in [6.45, 7) is 5.71. The van der Waals surface area contributed by atoms with Gasteiger partial charge in [-0.15, -0.1) is 0 Å². The van der Waals surface area contributed by atoms with Crippen LogP contribution < -0.4 is 5.32 Å². The van der Waals surface area contributed by atoms with Crippen molar-refractivity contribution >= 4 is 21.7 Å². The summed E-state index contributed by atoms with van der Waals surface area (Å²) >= 11 is 0. The van der Waals surface area contributed by atoms with E-state index >= 15 is 0 Å². The molecule has 2 aliphatic rings. The van der Waals surface area contributed by atoms with Gasteiger partial charge in [-0.3, -0.25) is 9.79 Å². The molecule has 1 amide bonds. The number of fused-ring (bicyclic) bond motifs is 1. The number of aliphatic imine (C=N–C) groups is 1. The third-order valence-corrected chi connectivity index (χ3v) is 7.97. The second-order valence-corrected chi connectivity index (χ2v) is 10.5. The third kappa shape index (κ3) is 4.10. The fraction of sp³-hybridized carbons (Fsp3) is 0.579. The van der Waals surface area contributed by atoms with E-state index in [4.69, 9.17) is 0 Å². The molecule has 0 aromatic heterocycles. The minimum absolute atomic E-state index is 0.0227. The Labute approximate surface area is 161 Å². The van der Waals surface area contributed by atoms with Gasteiger partial charge in [-0.05, 0) is 31.4 Å². The highest BCUT2D eigenvalue weighted by molar-refractivity contribution is 7.92. The molecule has 1 saturated heterocycles. The van der Waals surface area contributed by atoms with Crippen LogP contribution in [0.2, 0.25) is 0 Å². The van der Waals surface area contributed by atoms with Crippen LogP contribution in [0.4, 0.5) is 0 Å². The zero-order valence-electron chi connectivity index (χ0n) is 16.2. The summed E-state index contributed by atoms with van der Waals surface area (Å²) in [5.41, 5.74) is 2.51. The molecule has 0 unspecified atom stereocenters. The molecule has 1 N–H and O–H groups in total. The first-order chi connectivity index (χ1) is 12.7. The predicted octanol–water partition coefficient (Wildman–Crippen LogP) is 0.656. The summed E-state index contributed by atoms with van der Waals surface area (Å²) < 4.78 is 23.5. The maximum Gasteiger partial charge on any atom is 0.242 e. The van der Waals surface area contributed by atoms with Crippen LogP contribution in [-0.4, -0.2) is 73.8 Å². The van der Waals surface area contributed by atoms with E-state index in [1.54, 1.807) is 20.9 Å². The molecule has 148 valence electrons. The van der Waals surface area contributed by atoms with Gasteiger partial charge in [0.1, 0.15) is 0 Å². The zero-order chi connectivity index (χ0) is 19.7. The summed E-state index contributed by atoms with van der Waals surface area (Å²) in [6.07, 6.45) is 0.870. The number of hydrogen-bond donors (Lipinski definition) is 1. The Morgan fingerprint density at radius 1 is 1.19 bits per heavy atom. The van der Waals surface area contributed by atoms with Gasteiger partial charge in [0.15, 0.2) is 15.8 Å². The first kappa shape index (κ1) is 19.7. The van der Waals surface area contributed by atoms with Crippen molar-refractivity contribution < 1.29 is 13.2 Å². The first-order valence-electron chi connectivity index (χ1n) is 9.26. The van der Waals surface area contributed by atoms with E-state index in [-0.39, 0.29) is 18.2 Å². The van der Waals surface area contributed by atoms with Gasteiger partial charge < -0.3 is 15.1 Å². The molecule has 27 heavy (non-hydrogen) atoms. The first-order valence-corrected chi connectivity index (χ1v) is 10.9. The van der Waals surface area contributed by atoms with Crippen molar-refractivity contribution in [2.24, 2.45) is 4.99 Å². The molecule has 0 saturated carbocycles. The van der Waals surface area contributed by atoms with Gasteiger partial charge in [0, 0.05) is 33.2 Å². The molecule has 0 bridgehead atoms. The van der Waals surface area contributed by atoms with Crippen molar-refractivity contribution in [2.75, 3.05) is 39.0 Å². The second-order valence-electron chi connectivity index (χ2n) is 7.73. The number of hydrogen-bond acceptors (Lipinski definition) is 4. The van der Waals surface area contributed by atoms with Crippen molar-refractivity contribution in [3.63, 3.8) is 0 Å². The van der Waals surface area contributed by atoms with E-state index in [9.17, 15) is 13.2 Å². The van der Waals surface area contributed by atoms with Crippen LogP contribution in [0.1, 0.15) is 25.0 Å². The van der Waals surface area contributed by atoms with Gasteiger partial charge in [-0.25, -0.2) is 8.42 Å². The van der Waals surface area contributed by atoms with Crippen molar-refractivity contribution in [3.05, 3.63) is 35.4 Å². The lowest BCUT2D eigenvalue weighted by Crippen LogP contribution is -2.58. The van der Waals surface area contributed by atoms with E-state index in [1.165, 1.54) is 11.1 Å². The molecule has 7 nitrogen and oxygen atoms in total. The molecule has 1 aromatic carbocycles. The van der Waals surface area contributed by atoms with E-state index in [1.807, 2.05) is 21.9 Å². The summed E-state index contributed by atoms with van der Waals surface area (Å²) in [5, 5.41) is 3.12. The Morgan fingerprint density at radius 3 is 2.56 bits per heavy atom. The molecule has 2 aliphatic heterocycles. The van der Waals surface area contributed by atoms with Crippen molar-refractivity contribution in [1.82, 2.24) is 15.1 Å². The number of benzene rings is 1. The molecule has 3 rings (SSSR count). The molecule has 0 spiro atoms.